The van der Waals surface area contributed by atoms with Gasteiger partial charge in [0.15, 0.2) is 0 Å². The maximum absolute atomic E-state index is 2.50. The molecule has 0 saturated heterocycles. The topological polar surface area (TPSA) is 0 Å². The van der Waals surface area contributed by atoms with Crippen molar-refractivity contribution in [3.05, 3.63) is 125 Å². The molecule has 0 unspecified atom stereocenters. The van der Waals surface area contributed by atoms with E-state index in [4.69, 9.17) is 0 Å². The van der Waals surface area contributed by atoms with Crippen LogP contribution >= 0.6 is 0 Å². The van der Waals surface area contributed by atoms with Crippen LogP contribution in [0, 0.1) is 0 Å². The van der Waals surface area contributed by atoms with E-state index in [0.717, 1.165) is 12.8 Å². The Kier molecular flexibility index (Phi) is 3.26. The van der Waals surface area contributed by atoms with Crippen molar-refractivity contribution in [3.8, 4) is 0 Å². The third kappa shape index (κ3) is 2.16. The Hall–Kier alpha value is -5.20. The quantitative estimate of drug-likeness (QED) is 0.187. The van der Waals surface area contributed by atoms with Crippen LogP contribution in [0.2, 0.25) is 0 Å². The van der Waals surface area contributed by atoms with Crippen LogP contribution in [-0.2, 0) is 12.8 Å². The van der Waals surface area contributed by atoms with E-state index < -0.39 is 0 Å². The second-order valence-electron chi connectivity index (χ2n) is 12.7. The van der Waals surface area contributed by atoms with Gasteiger partial charge in [-0.15, -0.1) is 0 Å². The predicted molar refractivity (Wildman–Crippen MR) is 182 cm³/mol. The van der Waals surface area contributed by atoms with E-state index in [1.54, 1.807) is 0 Å². The molecule has 0 atom stereocenters. The van der Waals surface area contributed by atoms with Crippen molar-refractivity contribution in [2.75, 3.05) is 0 Å². The molecule has 190 valence electrons. The van der Waals surface area contributed by atoms with Crippen LogP contribution in [0.25, 0.3) is 104 Å². The highest BCUT2D eigenvalue weighted by molar-refractivity contribution is 6.35. The van der Waals surface area contributed by atoms with Crippen molar-refractivity contribution in [1.29, 1.82) is 0 Å². The van der Waals surface area contributed by atoms with Gasteiger partial charge >= 0.3 is 0 Å². The molecule has 10 aromatic carbocycles. The van der Waals surface area contributed by atoms with Gasteiger partial charge < -0.3 is 0 Å². The van der Waals surface area contributed by atoms with E-state index in [9.17, 15) is 0 Å². The number of hydrogen-bond acceptors (Lipinski definition) is 0. The van der Waals surface area contributed by atoms with E-state index >= 15 is 0 Å². The highest BCUT2D eigenvalue weighted by Gasteiger charge is 2.28. The van der Waals surface area contributed by atoms with Crippen LogP contribution in [0.1, 0.15) is 27.8 Å². The van der Waals surface area contributed by atoms with Crippen LogP contribution < -0.4 is 0 Å². The first-order valence-electron chi connectivity index (χ1n) is 15.1. The summed E-state index contributed by atoms with van der Waals surface area (Å²) in [5.41, 5.74) is 8.82. The molecule has 0 spiro atoms. The molecule has 0 aromatic heterocycles. The molecule has 2 aliphatic carbocycles. The minimum atomic E-state index is 1.01. The number of allylic oxidation sites excluding steroid dienone is 2. The fourth-order valence-electron chi connectivity index (χ4n) is 9.15. The molecule has 0 fully saturated rings. The lowest BCUT2D eigenvalue weighted by Crippen LogP contribution is -1.97. The first-order chi connectivity index (χ1) is 20.8. The van der Waals surface area contributed by atoms with Gasteiger partial charge in [0.2, 0.25) is 0 Å². The normalized spacial score (nSPS) is 15.0. The lowest BCUT2D eigenvalue weighted by molar-refractivity contribution is 1.34. The monoisotopic (exact) mass is 526 g/mol. The third-order valence-electron chi connectivity index (χ3n) is 10.9. The second kappa shape index (κ2) is 6.64. The summed E-state index contributed by atoms with van der Waals surface area (Å²) < 4.78 is 0. The molecule has 0 saturated carbocycles. The molecule has 0 radical (unpaired) electrons. The maximum atomic E-state index is 2.50. The average Bonchev–Trinajstić information content (AvgIpc) is 3.61. The summed E-state index contributed by atoms with van der Waals surface area (Å²) in [6, 6.07) is 35.1. The second-order valence-corrected chi connectivity index (χ2v) is 12.7. The maximum Gasteiger partial charge on any atom is -0.000683 e. The fourth-order valence-corrected chi connectivity index (χ4v) is 9.15. The van der Waals surface area contributed by atoms with Gasteiger partial charge in [-0.1, -0.05) is 91.0 Å². The minimum Gasteiger partial charge on any atom is -0.0795 e. The first-order valence-corrected chi connectivity index (χ1v) is 15.1. The SMILES string of the molecule is C1=Cc2c(c3c2cc2ccc4c(C5=Cc6c(c7c6cc6ccc8cccc9ccc7c6c89)C5)ccc5ccc3c2c54)C1. The van der Waals surface area contributed by atoms with Crippen LogP contribution in [0.5, 0.6) is 0 Å². The Bertz CT molecular complexity index is 2860. The fraction of sp³-hybridized carbons (Fsp3) is 0.0476. The smallest absolute Gasteiger partial charge is 0.000683 e. The Morgan fingerprint density at radius 1 is 0.429 bits per heavy atom. The number of rotatable bonds is 1. The Morgan fingerprint density at radius 3 is 1.86 bits per heavy atom. The van der Waals surface area contributed by atoms with Gasteiger partial charge in [-0.05, 0) is 151 Å². The Labute approximate surface area is 241 Å². The molecule has 0 aliphatic heterocycles. The van der Waals surface area contributed by atoms with Gasteiger partial charge in [-0.25, -0.2) is 0 Å². The third-order valence-corrected chi connectivity index (χ3v) is 10.9. The molecule has 42 heavy (non-hydrogen) atoms. The zero-order valence-corrected chi connectivity index (χ0v) is 22.8. The number of fused-ring (bicyclic) bond motifs is 10. The standard InChI is InChI=1S/C42H22/c1-3-21-7-8-24-18-35-33-19-26(20-36(33)42(35)31-15-10-22(4-1)37(21)39(24)31)27-13-9-23-11-16-32-40-25(12-14-30(27)38(23)40)17-34-28-5-2-6-29(28)41(32)34/h1-5,7-19H,6,20H2. The van der Waals surface area contributed by atoms with Crippen molar-refractivity contribution in [1.82, 2.24) is 0 Å². The summed E-state index contributed by atoms with van der Waals surface area (Å²) in [6.07, 6.45) is 9.21. The van der Waals surface area contributed by atoms with Crippen molar-refractivity contribution in [3.63, 3.8) is 0 Å². The zero-order valence-electron chi connectivity index (χ0n) is 22.8. The molecular formula is C42H22. The first kappa shape index (κ1) is 20.6. The summed E-state index contributed by atoms with van der Waals surface area (Å²) in [5, 5.41) is 22.5. The van der Waals surface area contributed by atoms with Gasteiger partial charge in [0.1, 0.15) is 0 Å². The molecule has 0 nitrogen and oxygen atoms in total. The van der Waals surface area contributed by atoms with E-state index in [0.29, 0.717) is 0 Å². The van der Waals surface area contributed by atoms with Crippen LogP contribution in [0.15, 0.2) is 97.1 Å². The molecule has 0 N–H and O–H groups in total. The molecule has 12 rings (SSSR count). The van der Waals surface area contributed by atoms with Gasteiger partial charge in [0, 0.05) is 0 Å². The lowest BCUT2D eigenvalue weighted by atomic mass is 9.82. The highest BCUT2D eigenvalue weighted by atomic mass is 14.3. The highest BCUT2D eigenvalue weighted by Crippen LogP contribution is 2.51. The number of hydrogen-bond donors (Lipinski definition) is 0. The van der Waals surface area contributed by atoms with Crippen molar-refractivity contribution < 1.29 is 0 Å². The Morgan fingerprint density at radius 2 is 1.02 bits per heavy atom. The molecule has 2 aliphatic rings. The van der Waals surface area contributed by atoms with Crippen LogP contribution in [0.4, 0.5) is 0 Å². The summed E-state index contributed by atoms with van der Waals surface area (Å²) >= 11 is 0. The minimum absolute atomic E-state index is 1.01. The molecule has 0 amide bonds. The van der Waals surface area contributed by atoms with Gasteiger partial charge in [0.05, 0.1) is 0 Å². The van der Waals surface area contributed by atoms with Gasteiger partial charge in [0.25, 0.3) is 0 Å². The molecule has 0 bridgehead atoms. The molecule has 0 heteroatoms. The average molecular weight is 527 g/mol. The van der Waals surface area contributed by atoms with Crippen LogP contribution in [-0.4, -0.2) is 0 Å². The van der Waals surface area contributed by atoms with E-state index in [1.807, 2.05) is 0 Å². The van der Waals surface area contributed by atoms with E-state index in [-0.39, 0.29) is 0 Å². The van der Waals surface area contributed by atoms with Crippen molar-refractivity contribution in [2.24, 2.45) is 0 Å². The van der Waals surface area contributed by atoms with Gasteiger partial charge in [-0.2, -0.15) is 0 Å². The van der Waals surface area contributed by atoms with Crippen molar-refractivity contribution >= 4 is 104 Å². The summed E-state index contributed by atoms with van der Waals surface area (Å²) in [4.78, 5) is 0. The Balaban J connectivity index is 1.09. The summed E-state index contributed by atoms with van der Waals surface area (Å²) in [5.74, 6) is 0. The lowest BCUT2D eigenvalue weighted by Gasteiger charge is -2.21. The van der Waals surface area contributed by atoms with Crippen molar-refractivity contribution in [2.45, 2.75) is 12.8 Å². The van der Waals surface area contributed by atoms with Gasteiger partial charge in [-0.3, -0.25) is 0 Å². The zero-order chi connectivity index (χ0) is 26.8. The largest absolute Gasteiger partial charge is 0.0795 e. The molecular weight excluding hydrogens is 504 g/mol. The van der Waals surface area contributed by atoms with E-state index in [2.05, 4.69) is 109 Å². The van der Waals surface area contributed by atoms with E-state index in [1.165, 1.54) is 120 Å². The predicted octanol–water partition coefficient (Wildman–Crippen LogP) is 11.3. The molecule has 0 heterocycles. The van der Waals surface area contributed by atoms with Crippen LogP contribution in [0.3, 0.4) is 0 Å². The number of benzene rings is 8. The summed E-state index contributed by atoms with van der Waals surface area (Å²) in [6.45, 7) is 0. The summed E-state index contributed by atoms with van der Waals surface area (Å²) in [7, 11) is 0. The molecule has 10 aromatic rings.